The number of hydrogen-bond acceptors (Lipinski definition) is 8. The van der Waals surface area contributed by atoms with Crippen LogP contribution in [-0.4, -0.2) is 44.8 Å². The minimum absolute atomic E-state index is 0.0399. The molecule has 35 heavy (non-hydrogen) atoms. The summed E-state index contributed by atoms with van der Waals surface area (Å²) in [5, 5.41) is 25.4. The van der Waals surface area contributed by atoms with Crippen molar-refractivity contribution < 1.29 is 19.2 Å². The number of carbonyl (C=O) groups excluding carboxylic acids is 2. The Morgan fingerprint density at radius 2 is 1.94 bits per heavy atom. The van der Waals surface area contributed by atoms with Gasteiger partial charge in [0.25, 0.3) is 5.69 Å². The molecule has 1 atom stereocenters. The summed E-state index contributed by atoms with van der Waals surface area (Å²) in [6.45, 7) is 5.38. The summed E-state index contributed by atoms with van der Waals surface area (Å²) in [4.78, 5) is 34.4. The van der Waals surface area contributed by atoms with Crippen molar-refractivity contribution in [1.82, 2.24) is 25.4 Å². The van der Waals surface area contributed by atoms with Gasteiger partial charge in [0.15, 0.2) is 11.0 Å². The first kappa shape index (κ1) is 25.7. The molecule has 12 heteroatoms. The van der Waals surface area contributed by atoms with E-state index in [1.807, 2.05) is 25.1 Å². The smallest absolute Gasteiger partial charge is 0.325 e. The molecule has 0 aliphatic carbocycles. The molecule has 2 N–H and O–H groups in total. The molecule has 1 unspecified atom stereocenters. The molecular formula is C23H26N6O5S. The van der Waals surface area contributed by atoms with Gasteiger partial charge in [-0.1, -0.05) is 41.6 Å². The minimum Gasteiger partial charge on any atom is -0.465 e. The average Bonchev–Trinajstić information content (AvgIpc) is 3.26. The summed E-state index contributed by atoms with van der Waals surface area (Å²) in [5.41, 5.74) is 2.83. The number of urea groups is 1. The molecule has 0 aliphatic rings. The lowest BCUT2D eigenvalue weighted by molar-refractivity contribution is -0.384. The van der Waals surface area contributed by atoms with E-state index in [1.54, 1.807) is 30.5 Å². The number of aromatic nitrogens is 3. The van der Waals surface area contributed by atoms with Crippen LogP contribution in [0.2, 0.25) is 0 Å². The highest BCUT2D eigenvalue weighted by atomic mass is 32.2. The molecule has 2 amide bonds. The minimum atomic E-state index is -0.590. The van der Waals surface area contributed by atoms with Crippen LogP contribution in [0.15, 0.2) is 53.7 Å². The molecule has 0 saturated heterocycles. The Bertz CT molecular complexity index is 1200. The molecule has 184 valence electrons. The van der Waals surface area contributed by atoms with Crippen molar-refractivity contribution in [1.29, 1.82) is 0 Å². The number of ether oxygens (including phenoxy) is 1. The summed E-state index contributed by atoms with van der Waals surface area (Å²) in [6, 6.07) is 13.0. The number of nitro benzene ring substituents is 1. The topological polar surface area (TPSA) is 141 Å². The van der Waals surface area contributed by atoms with Crippen LogP contribution < -0.4 is 10.6 Å². The van der Waals surface area contributed by atoms with E-state index in [-0.39, 0.29) is 18.8 Å². The number of hydrogen-bond donors (Lipinski definition) is 2. The molecule has 0 spiro atoms. The third kappa shape index (κ3) is 7.03. The van der Waals surface area contributed by atoms with Gasteiger partial charge in [0.2, 0.25) is 0 Å². The quantitative estimate of drug-likeness (QED) is 0.187. The summed E-state index contributed by atoms with van der Waals surface area (Å²) < 4.78 is 6.55. The van der Waals surface area contributed by atoms with E-state index in [4.69, 9.17) is 4.74 Å². The van der Waals surface area contributed by atoms with Crippen LogP contribution in [0.1, 0.15) is 36.8 Å². The second-order valence-corrected chi connectivity index (χ2v) is 8.52. The highest BCUT2D eigenvalue weighted by Crippen LogP contribution is 2.28. The fourth-order valence-electron chi connectivity index (χ4n) is 3.25. The van der Waals surface area contributed by atoms with Gasteiger partial charge in [0.05, 0.1) is 17.6 Å². The van der Waals surface area contributed by atoms with Crippen LogP contribution in [-0.2, 0) is 15.3 Å². The molecule has 1 heterocycles. The van der Waals surface area contributed by atoms with Crippen molar-refractivity contribution in [3.05, 3.63) is 75.6 Å². The number of amides is 2. The maximum Gasteiger partial charge on any atom is 0.325 e. The number of nitrogens with zero attached hydrogens (tertiary/aromatic N) is 4. The largest absolute Gasteiger partial charge is 0.465 e. The monoisotopic (exact) mass is 498 g/mol. The number of nitro groups is 1. The third-order valence-corrected chi connectivity index (χ3v) is 5.86. The van der Waals surface area contributed by atoms with E-state index < -0.39 is 23.0 Å². The van der Waals surface area contributed by atoms with E-state index in [1.165, 1.54) is 23.9 Å². The zero-order valence-electron chi connectivity index (χ0n) is 19.6. The molecule has 0 radical (unpaired) electrons. The lowest BCUT2D eigenvalue weighted by Gasteiger charge is -2.16. The number of non-ortho nitro benzene ring substituents is 1. The molecular weight excluding hydrogens is 472 g/mol. The molecule has 1 aromatic heterocycles. The molecule has 11 nitrogen and oxygen atoms in total. The standard InChI is InChI=1S/C23H26N6O5S/c1-4-34-20(30)13-24-22(31)25-16(3)21-26-27-23(35-14-17-7-5-6-15(2)12-17)28(21)18-8-10-19(11-9-18)29(32)33/h5-12,16H,4,13-14H2,1-3H3,(H2,24,25,31). The molecule has 3 rings (SSSR count). The number of aryl methyl sites for hydroxylation is 1. The van der Waals surface area contributed by atoms with Crippen LogP contribution in [0, 0.1) is 17.0 Å². The summed E-state index contributed by atoms with van der Waals surface area (Å²) in [7, 11) is 0. The first-order chi connectivity index (χ1) is 16.8. The van der Waals surface area contributed by atoms with Crippen molar-refractivity contribution in [2.45, 2.75) is 37.7 Å². The number of rotatable bonds is 10. The summed E-state index contributed by atoms with van der Waals surface area (Å²) in [5.74, 6) is 0.519. The second-order valence-electron chi connectivity index (χ2n) is 7.58. The van der Waals surface area contributed by atoms with Gasteiger partial charge < -0.3 is 15.4 Å². The summed E-state index contributed by atoms with van der Waals surface area (Å²) in [6.07, 6.45) is 0. The maximum atomic E-state index is 12.3. The van der Waals surface area contributed by atoms with Crippen LogP contribution in [0.3, 0.4) is 0 Å². The highest BCUT2D eigenvalue weighted by molar-refractivity contribution is 7.98. The molecule has 3 aromatic rings. The van der Waals surface area contributed by atoms with Gasteiger partial charge in [-0.25, -0.2) is 4.79 Å². The predicted octanol–water partition coefficient (Wildman–Crippen LogP) is 3.70. The van der Waals surface area contributed by atoms with Gasteiger partial charge in [-0.15, -0.1) is 10.2 Å². The van der Waals surface area contributed by atoms with E-state index in [2.05, 4.69) is 26.9 Å². The highest BCUT2D eigenvalue weighted by Gasteiger charge is 2.22. The first-order valence-corrected chi connectivity index (χ1v) is 11.9. The Kier molecular flexibility index (Phi) is 8.79. The van der Waals surface area contributed by atoms with E-state index in [0.29, 0.717) is 22.4 Å². The number of carbonyl (C=O) groups is 2. The lowest BCUT2D eigenvalue weighted by atomic mass is 10.2. The Labute approximate surface area is 206 Å². The van der Waals surface area contributed by atoms with Gasteiger partial charge in [0, 0.05) is 23.6 Å². The molecule has 2 aromatic carbocycles. The van der Waals surface area contributed by atoms with Gasteiger partial charge in [-0.05, 0) is 38.5 Å². The lowest BCUT2D eigenvalue weighted by Crippen LogP contribution is -2.40. The zero-order valence-corrected chi connectivity index (χ0v) is 20.4. The van der Waals surface area contributed by atoms with E-state index >= 15 is 0 Å². The predicted molar refractivity (Wildman–Crippen MR) is 130 cm³/mol. The Balaban J connectivity index is 1.83. The number of nitrogens with one attached hydrogen (secondary N) is 2. The van der Waals surface area contributed by atoms with Gasteiger partial charge in [-0.3, -0.25) is 19.5 Å². The normalized spacial score (nSPS) is 11.5. The number of benzene rings is 2. The van der Waals surface area contributed by atoms with Crippen LogP contribution in [0.4, 0.5) is 10.5 Å². The molecule has 0 saturated carbocycles. The van der Waals surface area contributed by atoms with Gasteiger partial charge in [0.1, 0.15) is 6.54 Å². The van der Waals surface area contributed by atoms with Crippen molar-refractivity contribution in [3.8, 4) is 5.69 Å². The van der Waals surface area contributed by atoms with Gasteiger partial charge in [-0.2, -0.15) is 0 Å². The Hall–Kier alpha value is -3.93. The van der Waals surface area contributed by atoms with Crippen molar-refractivity contribution in [2.24, 2.45) is 0 Å². The molecule has 0 aliphatic heterocycles. The van der Waals surface area contributed by atoms with Crippen LogP contribution in [0.5, 0.6) is 0 Å². The SMILES string of the molecule is CCOC(=O)CNC(=O)NC(C)c1nnc(SCc2cccc(C)c2)n1-c1ccc([N+](=O)[O-])cc1. The average molecular weight is 499 g/mol. The second kappa shape index (κ2) is 12.0. The first-order valence-electron chi connectivity index (χ1n) is 10.9. The zero-order chi connectivity index (χ0) is 25.4. The van der Waals surface area contributed by atoms with Crippen molar-refractivity contribution in [2.75, 3.05) is 13.2 Å². The number of thioether (sulfide) groups is 1. The van der Waals surface area contributed by atoms with Gasteiger partial charge >= 0.3 is 12.0 Å². The third-order valence-electron chi connectivity index (χ3n) is 4.86. The van der Waals surface area contributed by atoms with Crippen LogP contribution in [0.25, 0.3) is 5.69 Å². The maximum absolute atomic E-state index is 12.3. The van der Waals surface area contributed by atoms with Crippen LogP contribution >= 0.6 is 11.8 Å². The molecule has 0 bridgehead atoms. The Morgan fingerprint density at radius 3 is 2.60 bits per heavy atom. The summed E-state index contributed by atoms with van der Waals surface area (Å²) >= 11 is 1.46. The molecule has 0 fully saturated rings. The van der Waals surface area contributed by atoms with E-state index in [9.17, 15) is 19.7 Å². The Morgan fingerprint density at radius 1 is 1.20 bits per heavy atom. The number of esters is 1. The van der Waals surface area contributed by atoms with Crippen molar-refractivity contribution >= 4 is 29.4 Å². The fourth-order valence-corrected chi connectivity index (χ4v) is 4.15. The van der Waals surface area contributed by atoms with E-state index in [0.717, 1.165) is 11.1 Å². The van der Waals surface area contributed by atoms with Crippen molar-refractivity contribution in [3.63, 3.8) is 0 Å². The fraction of sp³-hybridized carbons (Fsp3) is 0.304.